The molecule has 0 bridgehead atoms. The van der Waals surface area contributed by atoms with Gasteiger partial charge < -0.3 is 25.4 Å². The first-order valence-electron chi connectivity index (χ1n) is 11.9. The van der Waals surface area contributed by atoms with Crippen LogP contribution in [0.2, 0.25) is 0 Å². The smallest absolute Gasteiger partial charge is 0.408 e. The van der Waals surface area contributed by atoms with Gasteiger partial charge in [-0.1, -0.05) is 64.4 Å². The van der Waals surface area contributed by atoms with Gasteiger partial charge >= 0.3 is 12.1 Å². The second-order valence-corrected chi connectivity index (χ2v) is 9.37. The largest absolute Gasteiger partial charge is 0.481 e. The summed E-state index contributed by atoms with van der Waals surface area (Å²) in [5.41, 5.74) is 0.796. The molecule has 1 heterocycles. The van der Waals surface area contributed by atoms with E-state index in [-0.39, 0.29) is 31.5 Å². The second kappa shape index (κ2) is 12.9. The van der Waals surface area contributed by atoms with Gasteiger partial charge in [0.05, 0.1) is 12.0 Å². The number of benzene rings is 1. The van der Waals surface area contributed by atoms with Crippen molar-refractivity contribution in [3.63, 3.8) is 0 Å². The van der Waals surface area contributed by atoms with Crippen LogP contribution in [0.15, 0.2) is 30.3 Å². The quantitative estimate of drug-likeness (QED) is 0.381. The maximum Gasteiger partial charge on any atom is 0.408 e. The molecule has 35 heavy (non-hydrogen) atoms. The fourth-order valence-corrected chi connectivity index (χ4v) is 3.66. The average Bonchev–Trinajstić information content (AvgIpc) is 2.78. The van der Waals surface area contributed by atoms with Crippen LogP contribution in [-0.4, -0.2) is 64.8 Å². The number of ether oxygens (including phenoxy) is 1. The molecule has 3 atom stereocenters. The number of nitrogens with zero attached hydrogens (tertiary/aromatic N) is 1. The molecule has 1 aromatic rings. The first kappa shape index (κ1) is 27.8. The van der Waals surface area contributed by atoms with Crippen molar-refractivity contribution in [1.29, 1.82) is 0 Å². The molecule has 192 valence electrons. The fourth-order valence-electron chi connectivity index (χ4n) is 3.66. The Labute approximate surface area is 205 Å². The van der Waals surface area contributed by atoms with E-state index >= 15 is 0 Å². The number of ketones is 1. The molecule has 0 aliphatic carbocycles. The molecule has 1 saturated heterocycles. The van der Waals surface area contributed by atoms with E-state index in [0.717, 1.165) is 5.56 Å². The molecular formula is C25H35N3O7. The van der Waals surface area contributed by atoms with Gasteiger partial charge in [-0.25, -0.2) is 4.79 Å². The molecule has 1 aromatic carbocycles. The topological polar surface area (TPSA) is 142 Å². The predicted molar refractivity (Wildman–Crippen MR) is 127 cm³/mol. The molecule has 1 aliphatic heterocycles. The van der Waals surface area contributed by atoms with Crippen LogP contribution in [0.5, 0.6) is 0 Å². The van der Waals surface area contributed by atoms with Crippen molar-refractivity contribution in [3.05, 3.63) is 35.9 Å². The number of carboxylic acid groups (broad SMARTS) is 1. The van der Waals surface area contributed by atoms with Gasteiger partial charge in [0.25, 0.3) is 5.91 Å². The van der Waals surface area contributed by atoms with Crippen LogP contribution in [0, 0.1) is 17.8 Å². The fraction of sp³-hybridized carbons (Fsp3) is 0.560. The lowest BCUT2D eigenvalue weighted by molar-refractivity contribution is -0.157. The zero-order valence-corrected chi connectivity index (χ0v) is 20.7. The third kappa shape index (κ3) is 8.08. The predicted octanol–water partition coefficient (Wildman–Crippen LogP) is 1.97. The van der Waals surface area contributed by atoms with Crippen molar-refractivity contribution in [1.82, 2.24) is 15.5 Å². The van der Waals surface area contributed by atoms with Crippen LogP contribution in [0.25, 0.3) is 0 Å². The summed E-state index contributed by atoms with van der Waals surface area (Å²) in [6.07, 6.45) is 0.0504. The number of rotatable bonds is 12. The summed E-state index contributed by atoms with van der Waals surface area (Å²) in [5, 5.41) is 14.2. The highest BCUT2D eigenvalue weighted by Gasteiger charge is 2.41. The molecule has 1 unspecified atom stereocenters. The highest BCUT2D eigenvalue weighted by molar-refractivity contribution is 6.38. The molecule has 1 fully saturated rings. The monoisotopic (exact) mass is 489 g/mol. The Balaban J connectivity index is 2.04. The Hall–Kier alpha value is -3.43. The molecule has 0 aromatic heterocycles. The van der Waals surface area contributed by atoms with E-state index < -0.39 is 47.7 Å². The SMILES string of the molecule is CC[C@H](C)C(NC(=O)[C@H](CC(C)C)NC(=O)OCc1ccccc1)C(=O)C(=O)N1CC(C(=O)O)C1. The summed E-state index contributed by atoms with van der Waals surface area (Å²) >= 11 is 0. The molecule has 3 N–H and O–H groups in total. The molecule has 3 amide bonds. The van der Waals surface area contributed by atoms with E-state index in [4.69, 9.17) is 9.84 Å². The van der Waals surface area contributed by atoms with Crippen molar-refractivity contribution in [3.8, 4) is 0 Å². The van der Waals surface area contributed by atoms with Crippen molar-refractivity contribution in [2.45, 2.75) is 59.2 Å². The number of amides is 3. The van der Waals surface area contributed by atoms with Crippen LogP contribution in [0.1, 0.15) is 46.1 Å². The van der Waals surface area contributed by atoms with Crippen molar-refractivity contribution >= 4 is 29.7 Å². The molecule has 0 spiro atoms. The molecule has 10 nitrogen and oxygen atoms in total. The maximum absolute atomic E-state index is 13.1. The highest BCUT2D eigenvalue weighted by Crippen LogP contribution is 2.19. The molecular weight excluding hydrogens is 454 g/mol. The van der Waals surface area contributed by atoms with Crippen LogP contribution in [0.3, 0.4) is 0 Å². The lowest BCUT2D eigenvalue weighted by Gasteiger charge is -2.37. The summed E-state index contributed by atoms with van der Waals surface area (Å²) in [6, 6.07) is 7.04. The Morgan fingerprint density at radius 2 is 1.69 bits per heavy atom. The number of Topliss-reactive ketones (excluding diaryl/α,β-unsaturated/α-hetero) is 1. The number of hydrogen-bond donors (Lipinski definition) is 3. The number of likely N-dealkylation sites (tertiary alicyclic amines) is 1. The number of nitrogens with one attached hydrogen (secondary N) is 2. The minimum atomic E-state index is -1.10. The summed E-state index contributed by atoms with van der Waals surface area (Å²) in [6.45, 7) is 7.32. The number of aliphatic carboxylic acids is 1. The summed E-state index contributed by atoms with van der Waals surface area (Å²) in [4.78, 5) is 63.2. The third-order valence-electron chi connectivity index (χ3n) is 6.05. The summed E-state index contributed by atoms with van der Waals surface area (Å²) < 4.78 is 5.23. The van der Waals surface area contributed by atoms with Gasteiger partial charge in [0.2, 0.25) is 11.7 Å². The molecule has 10 heteroatoms. The Morgan fingerprint density at radius 1 is 1.06 bits per heavy atom. The normalized spacial score (nSPS) is 16.0. The van der Waals surface area contributed by atoms with Gasteiger partial charge in [0, 0.05) is 13.1 Å². The number of carbonyl (C=O) groups excluding carboxylic acids is 4. The van der Waals surface area contributed by atoms with Gasteiger partial charge in [0.15, 0.2) is 0 Å². The number of carboxylic acids is 1. The van der Waals surface area contributed by atoms with Gasteiger partial charge in [-0.05, 0) is 23.8 Å². The second-order valence-electron chi connectivity index (χ2n) is 9.37. The minimum absolute atomic E-state index is 0.0358. The number of carbonyl (C=O) groups is 5. The van der Waals surface area contributed by atoms with E-state index in [2.05, 4.69) is 10.6 Å². The first-order chi connectivity index (χ1) is 16.5. The van der Waals surface area contributed by atoms with Gasteiger partial charge in [-0.15, -0.1) is 0 Å². The van der Waals surface area contributed by atoms with Crippen LogP contribution in [0.4, 0.5) is 4.79 Å². The number of hydrogen-bond acceptors (Lipinski definition) is 6. The van der Waals surface area contributed by atoms with E-state index in [1.54, 1.807) is 6.92 Å². The van der Waals surface area contributed by atoms with Crippen molar-refractivity contribution in [2.75, 3.05) is 13.1 Å². The molecule has 1 aliphatic rings. The van der Waals surface area contributed by atoms with E-state index in [1.165, 1.54) is 4.90 Å². The first-order valence-corrected chi connectivity index (χ1v) is 11.9. The lowest BCUT2D eigenvalue weighted by Crippen LogP contribution is -2.60. The summed E-state index contributed by atoms with van der Waals surface area (Å²) in [7, 11) is 0. The van der Waals surface area contributed by atoms with Gasteiger partial charge in [0.1, 0.15) is 12.6 Å². The minimum Gasteiger partial charge on any atom is -0.481 e. The van der Waals surface area contributed by atoms with Crippen molar-refractivity contribution in [2.24, 2.45) is 17.8 Å². The zero-order chi connectivity index (χ0) is 26.1. The highest BCUT2D eigenvalue weighted by atomic mass is 16.5. The summed E-state index contributed by atoms with van der Waals surface area (Å²) in [5.74, 6) is -4.21. The van der Waals surface area contributed by atoms with E-state index in [1.807, 2.05) is 51.1 Å². The zero-order valence-electron chi connectivity index (χ0n) is 20.7. The molecule has 2 rings (SSSR count). The van der Waals surface area contributed by atoms with Gasteiger partial charge in [-0.2, -0.15) is 0 Å². The Bertz CT molecular complexity index is 913. The van der Waals surface area contributed by atoms with Gasteiger partial charge in [-0.3, -0.25) is 19.2 Å². The standard InChI is InChI=1S/C25H35N3O7/c1-5-16(4)20(21(29)23(31)28-12-18(13-28)24(32)33)27-22(30)19(11-15(2)3)26-25(34)35-14-17-9-7-6-8-10-17/h6-10,15-16,18-20H,5,11-14H2,1-4H3,(H,26,34)(H,27,30)(H,32,33)/t16-,19-,20?/m0/s1. The lowest BCUT2D eigenvalue weighted by atomic mass is 9.92. The van der Waals surface area contributed by atoms with E-state index in [0.29, 0.717) is 12.8 Å². The van der Waals surface area contributed by atoms with Crippen molar-refractivity contribution < 1.29 is 33.8 Å². The average molecular weight is 490 g/mol. The molecule has 0 radical (unpaired) electrons. The number of alkyl carbamates (subject to hydrolysis) is 1. The third-order valence-corrected chi connectivity index (χ3v) is 6.05. The van der Waals surface area contributed by atoms with Crippen LogP contribution < -0.4 is 10.6 Å². The maximum atomic E-state index is 13.1. The Kier molecular flexibility index (Phi) is 10.2. The van der Waals surface area contributed by atoms with E-state index in [9.17, 15) is 24.0 Å². The Morgan fingerprint density at radius 3 is 2.23 bits per heavy atom. The molecule has 0 saturated carbocycles. The van der Waals surface area contributed by atoms with Crippen LogP contribution >= 0.6 is 0 Å². The van der Waals surface area contributed by atoms with Crippen LogP contribution in [-0.2, 0) is 30.5 Å².